The third-order valence-electron chi connectivity index (χ3n) is 3.64. The van der Waals surface area contributed by atoms with Gasteiger partial charge in [-0.2, -0.15) is 4.31 Å². The molecule has 2 aliphatic heterocycles. The summed E-state index contributed by atoms with van der Waals surface area (Å²) in [6, 6.07) is -0.290. The van der Waals surface area contributed by atoms with Gasteiger partial charge in [0.1, 0.15) is 0 Å². The summed E-state index contributed by atoms with van der Waals surface area (Å²) in [5.41, 5.74) is 6.05. The number of hydrogen-bond donors (Lipinski definition) is 1. The van der Waals surface area contributed by atoms with Crippen LogP contribution in [0.1, 0.15) is 12.8 Å². The Morgan fingerprint density at radius 3 is 2.28 bits per heavy atom. The molecule has 2 N–H and O–H groups in total. The fourth-order valence-electron chi connectivity index (χ4n) is 2.45. The molecule has 0 radical (unpaired) electrons. The van der Waals surface area contributed by atoms with Crippen molar-refractivity contribution in [3.63, 3.8) is 0 Å². The third kappa shape index (κ3) is 3.64. The van der Waals surface area contributed by atoms with Crippen LogP contribution in [0.3, 0.4) is 0 Å². The Hall–Kier alpha value is -0.210. The van der Waals surface area contributed by atoms with Gasteiger partial charge in [0, 0.05) is 32.3 Å². The van der Waals surface area contributed by atoms with Gasteiger partial charge in [-0.05, 0) is 18.8 Å². The monoisotopic (exact) mass is 278 g/mol. The van der Waals surface area contributed by atoms with Crippen molar-refractivity contribution in [3.05, 3.63) is 0 Å². The molecule has 0 aliphatic carbocycles. The lowest BCUT2D eigenvalue weighted by Gasteiger charge is -2.31. The highest BCUT2D eigenvalue weighted by Gasteiger charge is 2.30. The van der Waals surface area contributed by atoms with Crippen LogP contribution >= 0.6 is 0 Å². The molecule has 106 valence electrons. The second-order valence-corrected chi connectivity index (χ2v) is 6.92. The van der Waals surface area contributed by atoms with E-state index in [-0.39, 0.29) is 17.7 Å². The number of sulfonamides is 1. The van der Waals surface area contributed by atoms with Gasteiger partial charge in [-0.1, -0.05) is 0 Å². The molecule has 0 bridgehead atoms. The summed E-state index contributed by atoms with van der Waals surface area (Å²) in [5.74, 6) is 0.298. The largest absolute Gasteiger partial charge is 0.381 e. The topological polar surface area (TPSA) is 81.9 Å². The van der Waals surface area contributed by atoms with Crippen LogP contribution in [0.15, 0.2) is 0 Å². The molecule has 7 heteroatoms. The van der Waals surface area contributed by atoms with Crippen molar-refractivity contribution >= 4 is 10.0 Å². The van der Waals surface area contributed by atoms with Crippen LogP contribution in [0.4, 0.5) is 0 Å². The van der Waals surface area contributed by atoms with Gasteiger partial charge in [-0.25, -0.2) is 8.42 Å². The highest BCUT2D eigenvalue weighted by atomic mass is 32.2. The van der Waals surface area contributed by atoms with E-state index >= 15 is 0 Å². The zero-order valence-electron chi connectivity index (χ0n) is 10.6. The first-order valence-electron chi connectivity index (χ1n) is 6.48. The molecule has 1 atom stereocenters. The Bertz CT molecular complexity index is 348. The highest BCUT2D eigenvalue weighted by Crippen LogP contribution is 2.19. The van der Waals surface area contributed by atoms with Crippen molar-refractivity contribution in [2.75, 3.05) is 45.3 Å². The lowest BCUT2D eigenvalue weighted by molar-refractivity contribution is 0.0597. The van der Waals surface area contributed by atoms with Crippen molar-refractivity contribution in [1.29, 1.82) is 0 Å². The van der Waals surface area contributed by atoms with Gasteiger partial charge in [0.15, 0.2) is 0 Å². The molecule has 2 saturated heterocycles. The van der Waals surface area contributed by atoms with Crippen molar-refractivity contribution in [1.82, 2.24) is 4.31 Å². The quantitative estimate of drug-likeness (QED) is 0.743. The molecule has 2 heterocycles. The maximum absolute atomic E-state index is 12.2. The van der Waals surface area contributed by atoms with Crippen molar-refractivity contribution in [2.45, 2.75) is 18.9 Å². The van der Waals surface area contributed by atoms with E-state index in [0.29, 0.717) is 39.5 Å². The Labute approximate surface area is 108 Å². The van der Waals surface area contributed by atoms with E-state index in [1.54, 1.807) is 0 Å². The van der Waals surface area contributed by atoms with Gasteiger partial charge < -0.3 is 15.2 Å². The minimum absolute atomic E-state index is 0.0394. The molecule has 0 aromatic rings. The van der Waals surface area contributed by atoms with Crippen molar-refractivity contribution in [3.8, 4) is 0 Å². The molecular formula is C11H22N2O4S. The van der Waals surface area contributed by atoms with Gasteiger partial charge in [-0.3, -0.25) is 0 Å². The Morgan fingerprint density at radius 2 is 1.67 bits per heavy atom. The molecule has 2 fully saturated rings. The number of ether oxygens (including phenoxy) is 2. The zero-order chi connectivity index (χ0) is 13.0. The van der Waals surface area contributed by atoms with Gasteiger partial charge in [-0.15, -0.1) is 0 Å². The van der Waals surface area contributed by atoms with Gasteiger partial charge in [0.25, 0.3) is 0 Å². The third-order valence-corrected chi connectivity index (χ3v) is 5.60. The summed E-state index contributed by atoms with van der Waals surface area (Å²) in [7, 11) is -3.24. The van der Waals surface area contributed by atoms with E-state index < -0.39 is 10.0 Å². The number of morpholine rings is 1. The zero-order valence-corrected chi connectivity index (χ0v) is 11.4. The van der Waals surface area contributed by atoms with E-state index in [1.165, 1.54) is 4.31 Å². The molecule has 18 heavy (non-hydrogen) atoms. The van der Waals surface area contributed by atoms with E-state index in [2.05, 4.69) is 0 Å². The highest BCUT2D eigenvalue weighted by molar-refractivity contribution is 7.89. The molecular weight excluding hydrogens is 256 g/mol. The first kappa shape index (κ1) is 14.2. The maximum Gasteiger partial charge on any atom is 0.215 e. The van der Waals surface area contributed by atoms with E-state index in [4.69, 9.17) is 15.2 Å². The number of hydrogen-bond acceptors (Lipinski definition) is 5. The molecule has 1 unspecified atom stereocenters. The van der Waals surface area contributed by atoms with Crippen LogP contribution in [0.5, 0.6) is 0 Å². The van der Waals surface area contributed by atoms with Gasteiger partial charge in [0.05, 0.1) is 19.0 Å². The number of nitrogens with zero attached hydrogens (tertiary/aromatic N) is 1. The predicted molar refractivity (Wildman–Crippen MR) is 67.7 cm³/mol. The van der Waals surface area contributed by atoms with Crippen molar-refractivity contribution in [2.24, 2.45) is 11.7 Å². The lowest BCUT2D eigenvalue weighted by atomic mass is 9.94. The molecule has 0 aromatic carbocycles. The molecule has 6 nitrogen and oxygen atoms in total. The van der Waals surface area contributed by atoms with Crippen LogP contribution < -0.4 is 5.73 Å². The smallest absolute Gasteiger partial charge is 0.215 e. The second kappa shape index (κ2) is 6.29. The fraction of sp³-hybridized carbons (Fsp3) is 1.00. The van der Waals surface area contributed by atoms with Crippen LogP contribution in [-0.4, -0.2) is 64.0 Å². The van der Waals surface area contributed by atoms with Crippen molar-refractivity contribution < 1.29 is 17.9 Å². The average molecular weight is 278 g/mol. The Kier molecular flexibility index (Phi) is 4.97. The standard InChI is InChI=1S/C11H22N2O4S/c12-11(10-1-5-16-6-2-10)9-18(14,15)13-3-7-17-8-4-13/h10-11H,1-9,12H2. The molecule has 0 aromatic heterocycles. The Balaban J connectivity index is 1.89. The van der Waals surface area contributed by atoms with Crippen LogP contribution in [0.25, 0.3) is 0 Å². The predicted octanol–water partition coefficient (Wildman–Crippen LogP) is -0.598. The van der Waals surface area contributed by atoms with Crippen LogP contribution in [-0.2, 0) is 19.5 Å². The summed E-state index contributed by atoms with van der Waals surface area (Å²) in [4.78, 5) is 0. The summed E-state index contributed by atoms with van der Waals surface area (Å²) >= 11 is 0. The summed E-state index contributed by atoms with van der Waals surface area (Å²) in [5, 5.41) is 0. The van der Waals surface area contributed by atoms with Crippen LogP contribution in [0.2, 0.25) is 0 Å². The molecule has 2 rings (SSSR count). The summed E-state index contributed by atoms with van der Waals surface area (Å²) < 4.78 is 36.3. The minimum Gasteiger partial charge on any atom is -0.381 e. The lowest BCUT2D eigenvalue weighted by Crippen LogP contribution is -2.47. The molecule has 2 aliphatic rings. The summed E-state index contributed by atoms with van der Waals surface area (Å²) in [6.07, 6.45) is 1.72. The average Bonchev–Trinajstić information content (AvgIpc) is 2.40. The number of nitrogens with two attached hydrogens (primary N) is 1. The van der Waals surface area contributed by atoms with Crippen LogP contribution in [0, 0.1) is 5.92 Å². The maximum atomic E-state index is 12.2. The van der Waals surface area contributed by atoms with Gasteiger partial charge in [0.2, 0.25) is 10.0 Å². The summed E-state index contributed by atoms with van der Waals surface area (Å²) in [6.45, 7) is 3.23. The molecule has 0 saturated carbocycles. The minimum atomic E-state index is -3.24. The number of rotatable bonds is 4. The Morgan fingerprint density at radius 1 is 1.11 bits per heavy atom. The molecule has 0 amide bonds. The van der Waals surface area contributed by atoms with E-state index in [9.17, 15) is 8.42 Å². The van der Waals surface area contributed by atoms with Gasteiger partial charge >= 0.3 is 0 Å². The SMILES string of the molecule is NC(CS(=O)(=O)N1CCOCC1)C1CCOCC1. The normalized spacial score (nSPS) is 26.1. The molecule has 0 spiro atoms. The second-order valence-electron chi connectivity index (χ2n) is 4.90. The first-order valence-corrected chi connectivity index (χ1v) is 8.09. The first-order chi connectivity index (χ1) is 8.59. The van der Waals surface area contributed by atoms with E-state index in [0.717, 1.165) is 12.8 Å². The fourth-order valence-corrected chi connectivity index (χ4v) is 4.13. The van der Waals surface area contributed by atoms with E-state index in [1.807, 2.05) is 0 Å².